The zero-order chi connectivity index (χ0) is 46.7. The lowest BCUT2D eigenvalue weighted by atomic mass is 9.70. The second kappa shape index (κ2) is 25.8. The van der Waals surface area contributed by atoms with Crippen LogP contribution in [0.1, 0.15) is 79.0 Å². The zero-order valence-electron chi connectivity index (χ0n) is 39.7. The molecule has 358 valence electrons. The maximum Gasteiger partial charge on any atom is 0.251 e. The number of aromatic nitrogens is 1. The molecule has 14 nitrogen and oxygen atoms in total. The summed E-state index contributed by atoms with van der Waals surface area (Å²) in [5.41, 5.74) is 11.2. The van der Waals surface area contributed by atoms with Crippen LogP contribution in [-0.4, -0.2) is 145 Å². The number of hydrogen-bond donors (Lipinski definition) is 3. The number of nitrogens with two attached hydrogens (primary N) is 1. The number of carbonyl (C=O) groups excluding carboxylic acids is 3. The normalized spacial score (nSPS) is 18.4. The standard InChI is InChI=1S/C52H73N7O7/c1-5-59(6-2)43-16-17-46(45(36-43)48-35-41(18-22-55-48)49(60)56-47-15-9-12-40-11-7-8-14-44(40)47)52(51(53)62)21-10-13-42(37-52)50(61)58(4)25-24-57(3)26-30-65-32-34-66-33-31-64-29-23-54-38-39-19-27-63-28-20-39/h7-8,10-11,13-14,16-18,21-22,35-36,39,47,54H,5-6,9,12,15,19-20,23-34,37-38H2,1-4H3,(H2,53,62)(H,56,60). The van der Waals surface area contributed by atoms with Gasteiger partial charge in [0.1, 0.15) is 0 Å². The molecule has 1 aromatic heterocycles. The average molecular weight is 908 g/mol. The SMILES string of the molecule is CCN(CC)c1ccc(C2(C(N)=O)C=CC=C(C(=O)N(C)CCN(C)CCOCCOCCOCCNCC3CCOCC3)C2)c(-c2cc(C(=O)NC3CCCc4ccccc43)ccn2)c1. The molecule has 3 aromatic rings. The van der Waals surface area contributed by atoms with Crippen molar-refractivity contribution in [3.8, 4) is 11.3 Å². The predicted octanol–water partition coefficient (Wildman–Crippen LogP) is 5.47. The molecule has 14 heteroatoms. The monoisotopic (exact) mass is 908 g/mol. The minimum Gasteiger partial charge on any atom is -0.381 e. The molecule has 1 fully saturated rings. The summed E-state index contributed by atoms with van der Waals surface area (Å²) in [5, 5.41) is 6.74. The summed E-state index contributed by atoms with van der Waals surface area (Å²) in [6, 6.07) is 17.6. The number of ether oxygens (including phenoxy) is 4. The lowest BCUT2D eigenvalue weighted by Gasteiger charge is -2.34. The Kier molecular flexibility index (Phi) is 19.7. The van der Waals surface area contributed by atoms with Gasteiger partial charge in [-0.15, -0.1) is 0 Å². The molecule has 2 aliphatic carbocycles. The highest BCUT2D eigenvalue weighted by molar-refractivity contribution is 6.00. The van der Waals surface area contributed by atoms with E-state index in [4.69, 9.17) is 29.7 Å². The number of allylic oxidation sites excluding steroid dienone is 2. The number of likely N-dealkylation sites (N-methyl/N-ethyl adjacent to an activating group) is 2. The van der Waals surface area contributed by atoms with Gasteiger partial charge in [-0.25, -0.2) is 0 Å². The van der Waals surface area contributed by atoms with E-state index in [9.17, 15) is 14.4 Å². The Bertz CT molecular complexity index is 2100. The number of pyridine rings is 1. The Labute approximate surface area is 392 Å². The first-order chi connectivity index (χ1) is 32.1. The largest absolute Gasteiger partial charge is 0.381 e. The van der Waals surface area contributed by atoms with Gasteiger partial charge in [-0.2, -0.15) is 0 Å². The third kappa shape index (κ3) is 13.8. The summed E-state index contributed by atoms with van der Waals surface area (Å²) >= 11 is 0. The maximum atomic E-state index is 14.1. The minimum absolute atomic E-state index is 0.0762. The van der Waals surface area contributed by atoms with E-state index in [1.54, 1.807) is 48.5 Å². The summed E-state index contributed by atoms with van der Waals surface area (Å²) in [4.78, 5) is 52.6. The van der Waals surface area contributed by atoms with Gasteiger partial charge in [0.05, 0.1) is 56.8 Å². The maximum absolute atomic E-state index is 14.1. The number of anilines is 1. The fourth-order valence-electron chi connectivity index (χ4n) is 9.11. The van der Waals surface area contributed by atoms with E-state index in [1.807, 2.05) is 37.4 Å². The molecule has 4 N–H and O–H groups in total. The van der Waals surface area contributed by atoms with Gasteiger partial charge in [0.25, 0.3) is 5.91 Å². The van der Waals surface area contributed by atoms with Crippen LogP contribution in [0.25, 0.3) is 11.3 Å². The van der Waals surface area contributed by atoms with Crippen LogP contribution >= 0.6 is 0 Å². The Morgan fingerprint density at radius 1 is 0.879 bits per heavy atom. The van der Waals surface area contributed by atoms with Gasteiger partial charge in [-0.1, -0.05) is 48.6 Å². The van der Waals surface area contributed by atoms with E-state index < -0.39 is 11.3 Å². The highest BCUT2D eigenvalue weighted by atomic mass is 16.5. The van der Waals surface area contributed by atoms with Crippen molar-refractivity contribution in [2.24, 2.45) is 11.7 Å². The molecule has 3 amide bonds. The Hall–Kier alpha value is -4.96. The summed E-state index contributed by atoms with van der Waals surface area (Å²) in [6.07, 6.45) is 12.2. The number of benzene rings is 2. The van der Waals surface area contributed by atoms with E-state index >= 15 is 0 Å². The van der Waals surface area contributed by atoms with Crippen LogP contribution in [0.4, 0.5) is 5.69 Å². The van der Waals surface area contributed by atoms with Crippen LogP contribution < -0.4 is 21.3 Å². The van der Waals surface area contributed by atoms with Gasteiger partial charge in [0.2, 0.25) is 11.8 Å². The first kappa shape index (κ1) is 50.5. The van der Waals surface area contributed by atoms with Gasteiger partial charge in [0.15, 0.2) is 0 Å². The highest BCUT2D eigenvalue weighted by Gasteiger charge is 2.42. The van der Waals surface area contributed by atoms with Crippen LogP contribution in [0.5, 0.6) is 0 Å². The van der Waals surface area contributed by atoms with Crippen molar-refractivity contribution in [1.29, 1.82) is 0 Å². The van der Waals surface area contributed by atoms with Gasteiger partial charge in [-0.3, -0.25) is 19.4 Å². The van der Waals surface area contributed by atoms with Crippen molar-refractivity contribution < 1.29 is 33.3 Å². The summed E-state index contributed by atoms with van der Waals surface area (Å²) in [6.45, 7) is 14.4. The lowest BCUT2D eigenvalue weighted by Crippen LogP contribution is -2.44. The average Bonchev–Trinajstić information content (AvgIpc) is 3.35. The van der Waals surface area contributed by atoms with Crippen molar-refractivity contribution in [1.82, 2.24) is 25.4 Å². The predicted molar refractivity (Wildman–Crippen MR) is 260 cm³/mol. The van der Waals surface area contributed by atoms with Crippen LogP contribution in [0, 0.1) is 5.92 Å². The van der Waals surface area contributed by atoms with Crippen LogP contribution in [0.2, 0.25) is 0 Å². The highest BCUT2D eigenvalue weighted by Crippen LogP contribution is 2.42. The van der Waals surface area contributed by atoms with E-state index in [0.29, 0.717) is 93.2 Å². The Balaban J connectivity index is 1.01. The van der Waals surface area contributed by atoms with Crippen LogP contribution in [-0.2, 0) is 40.4 Å². The number of carbonyl (C=O) groups is 3. The van der Waals surface area contributed by atoms with Crippen molar-refractivity contribution in [3.63, 3.8) is 0 Å². The van der Waals surface area contributed by atoms with Gasteiger partial charge in [-0.05, 0) is 113 Å². The molecule has 1 aliphatic heterocycles. The van der Waals surface area contributed by atoms with Gasteiger partial charge >= 0.3 is 0 Å². The third-order valence-electron chi connectivity index (χ3n) is 13.2. The number of nitrogens with zero attached hydrogens (tertiary/aromatic N) is 4. The molecule has 0 bridgehead atoms. The number of aryl methyl sites for hydroxylation is 1. The van der Waals surface area contributed by atoms with E-state index in [2.05, 4.69) is 46.4 Å². The summed E-state index contributed by atoms with van der Waals surface area (Å²) in [5.74, 6) is -0.243. The molecule has 66 heavy (non-hydrogen) atoms. The smallest absolute Gasteiger partial charge is 0.251 e. The fraction of sp³-hybridized carbons (Fsp3) is 0.538. The van der Waals surface area contributed by atoms with Crippen molar-refractivity contribution in [3.05, 3.63) is 107 Å². The summed E-state index contributed by atoms with van der Waals surface area (Å²) in [7, 11) is 3.78. The van der Waals surface area contributed by atoms with Crippen molar-refractivity contribution >= 4 is 23.4 Å². The van der Waals surface area contributed by atoms with Crippen LogP contribution in [0.3, 0.4) is 0 Å². The second-order valence-electron chi connectivity index (χ2n) is 17.6. The molecule has 2 unspecified atom stereocenters. The number of nitrogens with one attached hydrogen (secondary N) is 2. The number of rotatable bonds is 26. The molecule has 2 heterocycles. The number of fused-ring (bicyclic) bond motifs is 1. The first-order valence-corrected chi connectivity index (χ1v) is 24.0. The quantitative estimate of drug-likeness (QED) is 0.0878. The molecular weight excluding hydrogens is 835 g/mol. The van der Waals surface area contributed by atoms with Crippen molar-refractivity contribution in [2.45, 2.75) is 63.8 Å². The lowest BCUT2D eigenvalue weighted by molar-refractivity contribution is -0.126. The van der Waals surface area contributed by atoms with Crippen LogP contribution in [0.15, 0.2) is 84.6 Å². The van der Waals surface area contributed by atoms with E-state index in [-0.39, 0.29) is 24.3 Å². The third-order valence-corrected chi connectivity index (χ3v) is 13.2. The molecule has 3 aliphatic rings. The number of hydrogen-bond acceptors (Lipinski definition) is 11. The fourth-order valence-corrected chi connectivity index (χ4v) is 9.11. The Morgan fingerprint density at radius 3 is 2.38 bits per heavy atom. The molecule has 0 saturated carbocycles. The first-order valence-electron chi connectivity index (χ1n) is 24.0. The minimum atomic E-state index is -1.35. The molecule has 2 atom stereocenters. The number of primary amides is 1. The van der Waals surface area contributed by atoms with Gasteiger partial charge in [0, 0.05) is 88.1 Å². The molecule has 1 saturated heterocycles. The Morgan fingerprint density at radius 2 is 1.62 bits per heavy atom. The second-order valence-corrected chi connectivity index (χ2v) is 17.6. The van der Waals surface area contributed by atoms with E-state index in [1.165, 1.54) is 5.56 Å². The molecule has 0 radical (unpaired) electrons. The van der Waals surface area contributed by atoms with Gasteiger partial charge < -0.3 is 50.0 Å². The zero-order valence-corrected chi connectivity index (χ0v) is 39.7. The molecule has 0 spiro atoms. The molecule has 2 aromatic carbocycles. The summed E-state index contributed by atoms with van der Waals surface area (Å²) < 4.78 is 22.5. The van der Waals surface area contributed by atoms with Crippen molar-refractivity contribution in [2.75, 3.05) is 118 Å². The topological polar surface area (TPSA) is 161 Å². The van der Waals surface area contributed by atoms with E-state index in [0.717, 1.165) is 82.7 Å². The number of amides is 3. The molecular formula is C52H73N7O7. The molecule has 6 rings (SSSR count).